The van der Waals surface area contributed by atoms with E-state index in [2.05, 4.69) is 0 Å². The van der Waals surface area contributed by atoms with E-state index in [9.17, 15) is 19.2 Å². The number of rotatable bonds is 8. The molecule has 1 saturated heterocycles. The Morgan fingerprint density at radius 1 is 1.04 bits per heavy atom. The molecule has 0 saturated carbocycles. The lowest BCUT2D eigenvalue weighted by atomic mass is 10.1. The molecule has 1 aromatic carbocycles. The molecule has 144 valence electrons. The molecular weight excluding hydrogens is 362 g/mol. The molecule has 28 heavy (non-hydrogen) atoms. The van der Waals surface area contributed by atoms with Gasteiger partial charge in [-0.1, -0.05) is 30.3 Å². The first kappa shape index (κ1) is 20.6. The van der Waals surface area contributed by atoms with Gasteiger partial charge in [-0.05, 0) is 12.5 Å². The maximum absolute atomic E-state index is 12.7. The van der Waals surface area contributed by atoms with Gasteiger partial charge in [0.15, 0.2) is 0 Å². The number of nitriles is 2. The van der Waals surface area contributed by atoms with Crippen LogP contribution in [0.15, 0.2) is 30.3 Å². The summed E-state index contributed by atoms with van der Waals surface area (Å²) in [6.07, 6.45) is 0.102. The van der Waals surface area contributed by atoms with E-state index in [1.807, 2.05) is 12.1 Å². The Labute approximate surface area is 162 Å². The fourth-order valence-corrected chi connectivity index (χ4v) is 2.85. The number of carbonyl (C=O) groups excluding carboxylic acids is 4. The van der Waals surface area contributed by atoms with Crippen LogP contribution in [-0.4, -0.2) is 58.1 Å². The first-order chi connectivity index (χ1) is 13.4. The molecule has 0 aromatic heterocycles. The van der Waals surface area contributed by atoms with Crippen molar-refractivity contribution in [3.05, 3.63) is 35.9 Å². The average Bonchev–Trinajstić information content (AvgIpc) is 2.91. The minimum absolute atomic E-state index is 0.0508. The van der Waals surface area contributed by atoms with Gasteiger partial charge in [-0.2, -0.15) is 10.5 Å². The molecule has 9 nitrogen and oxygen atoms in total. The van der Waals surface area contributed by atoms with Crippen LogP contribution in [0, 0.1) is 22.7 Å². The predicted molar refractivity (Wildman–Crippen MR) is 95.9 cm³/mol. The van der Waals surface area contributed by atoms with E-state index in [-0.39, 0.29) is 25.9 Å². The number of hydrogen-bond donors (Lipinski definition) is 0. The van der Waals surface area contributed by atoms with Crippen LogP contribution in [0.5, 0.6) is 0 Å². The van der Waals surface area contributed by atoms with E-state index < -0.39 is 36.3 Å². The predicted octanol–water partition coefficient (Wildman–Crippen LogP) is 1.19. The van der Waals surface area contributed by atoms with Gasteiger partial charge in [-0.3, -0.25) is 14.4 Å². The molecule has 1 fully saturated rings. The van der Waals surface area contributed by atoms with Crippen LogP contribution in [0.2, 0.25) is 0 Å². The number of carbonyl (C=O) groups is 4. The highest BCUT2D eigenvalue weighted by Gasteiger charge is 2.47. The maximum atomic E-state index is 12.7. The van der Waals surface area contributed by atoms with Crippen molar-refractivity contribution in [1.82, 2.24) is 14.7 Å². The van der Waals surface area contributed by atoms with Crippen molar-refractivity contribution in [2.45, 2.75) is 25.8 Å². The molecular formula is C19H19N5O4. The fourth-order valence-electron chi connectivity index (χ4n) is 2.85. The van der Waals surface area contributed by atoms with Gasteiger partial charge in [-0.15, -0.1) is 0 Å². The van der Waals surface area contributed by atoms with Crippen LogP contribution in [0.25, 0.3) is 0 Å². The van der Waals surface area contributed by atoms with Crippen molar-refractivity contribution >= 4 is 23.8 Å². The molecule has 0 radical (unpaired) electrons. The summed E-state index contributed by atoms with van der Waals surface area (Å²) in [5, 5.41) is 17.4. The molecule has 1 aliphatic heterocycles. The van der Waals surface area contributed by atoms with E-state index in [0.29, 0.717) is 10.5 Å². The number of urea groups is 1. The van der Waals surface area contributed by atoms with Crippen LogP contribution in [-0.2, 0) is 14.4 Å². The molecule has 1 heterocycles. The van der Waals surface area contributed by atoms with Gasteiger partial charge in [0.2, 0.25) is 5.91 Å². The number of imide groups is 2. The average molecular weight is 381 g/mol. The first-order valence-corrected chi connectivity index (χ1v) is 8.68. The Morgan fingerprint density at radius 3 is 2.14 bits per heavy atom. The molecule has 5 amide bonds. The zero-order valence-corrected chi connectivity index (χ0v) is 15.4. The molecule has 1 atom stereocenters. The topological polar surface area (TPSA) is 126 Å². The summed E-state index contributed by atoms with van der Waals surface area (Å²) in [6, 6.07) is 11.0. The maximum Gasteiger partial charge on any atom is 0.335 e. The number of benzene rings is 1. The first-order valence-electron chi connectivity index (χ1n) is 8.68. The molecule has 9 heteroatoms. The van der Waals surface area contributed by atoms with Crippen LogP contribution in [0.1, 0.15) is 31.4 Å². The lowest BCUT2D eigenvalue weighted by Gasteiger charge is -2.24. The van der Waals surface area contributed by atoms with E-state index in [0.717, 1.165) is 4.90 Å². The standard InChI is InChI=1S/C19H19N5O4/c1-14(15-7-3-2-4-8-15)24-18(27)17(26)23(19(24)28)13-16(25)22(11-5-9-20)12-6-10-21/h2-4,7-8,14H,5-6,11-13H2,1H3. The lowest BCUT2D eigenvalue weighted by molar-refractivity contribution is -0.145. The Bertz CT molecular complexity index is 837. The second-order valence-electron chi connectivity index (χ2n) is 6.13. The Kier molecular flexibility index (Phi) is 6.83. The van der Waals surface area contributed by atoms with E-state index >= 15 is 0 Å². The number of amides is 5. The zero-order chi connectivity index (χ0) is 20.7. The summed E-state index contributed by atoms with van der Waals surface area (Å²) < 4.78 is 0. The normalized spacial score (nSPS) is 14.6. The smallest absolute Gasteiger partial charge is 0.335 e. The van der Waals surface area contributed by atoms with Crippen molar-refractivity contribution in [3.8, 4) is 12.1 Å². The third-order valence-corrected chi connectivity index (χ3v) is 4.39. The van der Waals surface area contributed by atoms with Gasteiger partial charge in [0, 0.05) is 13.1 Å². The minimum Gasteiger partial charge on any atom is -0.339 e. The van der Waals surface area contributed by atoms with Crippen molar-refractivity contribution in [2.24, 2.45) is 0 Å². The van der Waals surface area contributed by atoms with Crippen molar-refractivity contribution < 1.29 is 19.2 Å². The SMILES string of the molecule is CC(c1ccccc1)N1C(=O)C(=O)N(CC(=O)N(CCC#N)CCC#N)C1=O. The summed E-state index contributed by atoms with van der Waals surface area (Å²) in [4.78, 5) is 52.5. The van der Waals surface area contributed by atoms with Gasteiger partial charge in [0.05, 0.1) is 31.0 Å². The Hall–Kier alpha value is -3.72. The fraction of sp³-hybridized carbons (Fsp3) is 0.368. The minimum atomic E-state index is -1.07. The number of nitrogens with zero attached hydrogens (tertiary/aromatic N) is 5. The highest BCUT2D eigenvalue weighted by molar-refractivity contribution is 6.45. The van der Waals surface area contributed by atoms with Gasteiger partial charge in [0.1, 0.15) is 6.54 Å². The van der Waals surface area contributed by atoms with Gasteiger partial charge < -0.3 is 4.90 Å². The highest BCUT2D eigenvalue weighted by Crippen LogP contribution is 2.26. The van der Waals surface area contributed by atoms with Crippen LogP contribution in [0.3, 0.4) is 0 Å². The summed E-state index contributed by atoms with van der Waals surface area (Å²) in [6.45, 7) is 1.16. The lowest BCUT2D eigenvalue weighted by Crippen LogP contribution is -2.44. The Balaban J connectivity index is 2.15. The summed E-state index contributed by atoms with van der Waals surface area (Å²) in [7, 11) is 0. The summed E-state index contributed by atoms with van der Waals surface area (Å²) in [5.74, 6) is -2.66. The second kappa shape index (κ2) is 9.28. The summed E-state index contributed by atoms with van der Waals surface area (Å²) >= 11 is 0. The Morgan fingerprint density at radius 2 is 1.61 bits per heavy atom. The number of hydrogen-bond acceptors (Lipinski definition) is 6. The van der Waals surface area contributed by atoms with Crippen LogP contribution in [0.4, 0.5) is 4.79 Å². The third-order valence-electron chi connectivity index (χ3n) is 4.39. The van der Waals surface area contributed by atoms with E-state index in [4.69, 9.17) is 10.5 Å². The van der Waals surface area contributed by atoms with Gasteiger partial charge >= 0.3 is 17.8 Å². The molecule has 1 aromatic rings. The molecule has 0 bridgehead atoms. The van der Waals surface area contributed by atoms with Crippen LogP contribution >= 0.6 is 0 Å². The monoisotopic (exact) mass is 381 g/mol. The molecule has 1 unspecified atom stereocenters. The zero-order valence-electron chi connectivity index (χ0n) is 15.4. The second-order valence-corrected chi connectivity index (χ2v) is 6.13. The van der Waals surface area contributed by atoms with Crippen molar-refractivity contribution in [3.63, 3.8) is 0 Å². The highest BCUT2D eigenvalue weighted by atomic mass is 16.2. The molecule has 0 N–H and O–H groups in total. The van der Waals surface area contributed by atoms with E-state index in [1.54, 1.807) is 37.3 Å². The molecule has 0 spiro atoms. The molecule has 1 aliphatic rings. The van der Waals surface area contributed by atoms with Crippen LogP contribution < -0.4 is 0 Å². The summed E-state index contributed by atoms with van der Waals surface area (Å²) in [5.41, 5.74) is 0.676. The largest absolute Gasteiger partial charge is 0.339 e. The molecule has 0 aliphatic carbocycles. The van der Waals surface area contributed by atoms with Gasteiger partial charge in [-0.25, -0.2) is 14.6 Å². The van der Waals surface area contributed by atoms with Crippen molar-refractivity contribution in [2.75, 3.05) is 19.6 Å². The third kappa shape index (κ3) is 4.33. The van der Waals surface area contributed by atoms with E-state index in [1.165, 1.54) is 4.90 Å². The quantitative estimate of drug-likeness (QED) is 0.492. The van der Waals surface area contributed by atoms with Gasteiger partial charge in [0.25, 0.3) is 0 Å². The van der Waals surface area contributed by atoms with Crippen molar-refractivity contribution in [1.29, 1.82) is 10.5 Å². The molecule has 2 rings (SSSR count).